The Morgan fingerprint density at radius 2 is 2.10 bits per heavy atom. The summed E-state index contributed by atoms with van der Waals surface area (Å²) in [6.07, 6.45) is 1.82. The van der Waals surface area contributed by atoms with Gasteiger partial charge in [0.05, 0.1) is 17.3 Å². The van der Waals surface area contributed by atoms with Crippen LogP contribution in [0.2, 0.25) is 0 Å². The number of aryl methyl sites for hydroxylation is 2. The summed E-state index contributed by atoms with van der Waals surface area (Å²) in [5, 5.41) is 1.10. The van der Waals surface area contributed by atoms with Crippen molar-refractivity contribution in [1.29, 1.82) is 0 Å². The number of nitrogens with zero attached hydrogens (tertiary/aromatic N) is 1. The van der Waals surface area contributed by atoms with Crippen LogP contribution in [0.15, 0.2) is 24.3 Å². The molecule has 1 atom stereocenters. The van der Waals surface area contributed by atoms with Crippen molar-refractivity contribution in [2.24, 2.45) is 5.73 Å². The smallest absolute Gasteiger partial charge is 0.122 e. The van der Waals surface area contributed by atoms with E-state index < -0.39 is 0 Å². The van der Waals surface area contributed by atoms with E-state index in [9.17, 15) is 0 Å². The second-order valence-corrected chi connectivity index (χ2v) is 6.02. The highest BCUT2D eigenvalue weighted by molar-refractivity contribution is 7.11. The first-order valence-corrected chi connectivity index (χ1v) is 7.86. The fourth-order valence-corrected chi connectivity index (χ4v) is 3.18. The zero-order chi connectivity index (χ0) is 14.5. The Bertz CT molecular complexity index is 563. The van der Waals surface area contributed by atoms with Crippen molar-refractivity contribution >= 4 is 11.3 Å². The lowest BCUT2D eigenvalue weighted by molar-refractivity contribution is 0.318. The molecule has 1 aromatic heterocycles. The molecule has 2 N–H and O–H groups in total. The Balaban J connectivity index is 1.94. The lowest BCUT2D eigenvalue weighted by atomic mass is 10.1. The van der Waals surface area contributed by atoms with Crippen LogP contribution in [-0.4, -0.2) is 11.6 Å². The third-order valence-electron chi connectivity index (χ3n) is 3.22. The number of para-hydroxylation sites is 1. The molecule has 0 aliphatic heterocycles. The number of nitrogens with two attached hydrogens (primary N) is 1. The van der Waals surface area contributed by atoms with Gasteiger partial charge >= 0.3 is 0 Å². The molecule has 20 heavy (non-hydrogen) atoms. The number of aromatic nitrogens is 1. The molecule has 0 bridgehead atoms. The van der Waals surface area contributed by atoms with Gasteiger partial charge in [0.25, 0.3) is 0 Å². The molecule has 0 spiro atoms. The van der Waals surface area contributed by atoms with Gasteiger partial charge in [-0.1, -0.05) is 25.1 Å². The lowest BCUT2D eigenvalue weighted by Crippen LogP contribution is -2.03. The van der Waals surface area contributed by atoms with Crippen LogP contribution < -0.4 is 10.5 Å². The van der Waals surface area contributed by atoms with Crippen molar-refractivity contribution in [3.05, 3.63) is 45.4 Å². The number of thiazole rings is 1. The van der Waals surface area contributed by atoms with Gasteiger partial charge in [-0.2, -0.15) is 0 Å². The van der Waals surface area contributed by atoms with Crippen LogP contribution >= 0.6 is 11.3 Å². The van der Waals surface area contributed by atoms with E-state index >= 15 is 0 Å². The number of benzene rings is 1. The van der Waals surface area contributed by atoms with E-state index in [0.29, 0.717) is 6.61 Å². The molecule has 1 heterocycles. The molecule has 0 saturated carbocycles. The van der Waals surface area contributed by atoms with Crippen LogP contribution in [0.1, 0.15) is 41.0 Å². The molecule has 0 radical (unpaired) electrons. The number of ether oxygens (including phenoxy) is 1. The van der Waals surface area contributed by atoms with E-state index in [0.717, 1.165) is 29.3 Å². The maximum atomic E-state index is 5.92. The normalized spacial score (nSPS) is 12.4. The van der Waals surface area contributed by atoms with Crippen molar-refractivity contribution in [2.75, 3.05) is 6.61 Å². The minimum Gasteiger partial charge on any atom is -0.493 e. The summed E-state index contributed by atoms with van der Waals surface area (Å²) in [7, 11) is 0. The Kier molecular flexibility index (Phi) is 5.15. The van der Waals surface area contributed by atoms with Gasteiger partial charge in [0, 0.05) is 17.3 Å². The standard InChI is InChI=1S/C16H22N2OS/c1-4-13-7-5-6-8-14(13)19-10-9-15-18-12(3)16(20-15)11(2)17/h5-8,11H,4,9-10,17H2,1-3H3. The zero-order valence-corrected chi connectivity index (χ0v) is 13.2. The van der Waals surface area contributed by atoms with Crippen molar-refractivity contribution in [3.63, 3.8) is 0 Å². The summed E-state index contributed by atoms with van der Waals surface area (Å²) in [5.74, 6) is 0.982. The predicted octanol–water partition coefficient (Wildman–Crippen LogP) is 3.66. The summed E-state index contributed by atoms with van der Waals surface area (Å²) in [6.45, 7) is 6.81. The average Bonchev–Trinajstić information content (AvgIpc) is 2.80. The summed E-state index contributed by atoms with van der Waals surface area (Å²) >= 11 is 1.70. The summed E-state index contributed by atoms with van der Waals surface area (Å²) in [4.78, 5) is 5.74. The van der Waals surface area contributed by atoms with Crippen molar-refractivity contribution in [2.45, 2.75) is 39.7 Å². The molecule has 0 fully saturated rings. The molecule has 0 aliphatic rings. The van der Waals surface area contributed by atoms with E-state index in [-0.39, 0.29) is 6.04 Å². The van der Waals surface area contributed by atoms with Gasteiger partial charge in [0.15, 0.2) is 0 Å². The summed E-state index contributed by atoms with van der Waals surface area (Å²) in [5.41, 5.74) is 8.22. The first-order valence-electron chi connectivity index (χ1n) is 7.04. The highest BCUT2D eigenvalue weighted by atomic mass is 32.1. The minimum atomic E-state index is 0.0583. The third-order valence-corrected chi connectivity index (χ3v) is 4.64. The molecule has 1 unspecified atom stereocenters. The topological polar surface area (TPSA) is 48.1 Å². The highest BCUT2D eigenvalue weighted by Gasteiger charge is 2.11. The minimum absolute atomic E-state index is 0.0583. The second-order valence-electron chi connectivity index (χ2n) is 4.91. The zero-order valence-electron chi connectivity index (χ0n) is 12.3. The van der Waals surface area contributed by atoms with Crippen LogP contribution in [0.3, 0.4) is 0 Å². The molecule has 0 saturated heterocycles. The number of hydrogen-bond acceptors (Lipinski definition) is 4. The largest absolute Gasteiger partial charge is 0.493 e. The van der Waals surface area contributed by atoms with Crippen LogP contribution in [0.4, 0.5) is 0 Å². The molecular weight excluding hydrogens is 268 g/mol. The SMILES string of the molecule is CCc1ccccc1OCCc1nc(C)c(C(C)N)s1. The van der Waals surface area contributed by atoms with Crippen LogP contribution in [0.5, 0.6) is 5.75 Å². The maximum absolute atomic E-state index is 5.92. The monoisotopic (exact) mass is 290 g/mol. The van der Waals surface area contributed by atoms with Gasteiger partial charge in [-0.05, 0) is 31.9 Å². The van der Waals surface area contributed by atoms with Crippen LogP contribution in [-0.2, 0) is 12.8 Å². The number of hydrogen-bond donors (Lipinski definition) is 1. The molecule has 3 nitrogen and oxygen atoms in total. The summed E-state index contributed by atoms with van der Waals surface area (Å²) in [6, 6.07) is 8.25. The molecule has 108 valence electrons. The molecular formula is C16H22N2OS. The van der Waals surface area contributed by atoms with Gasteiger partial charge in [-0.25, -0.2) is 4.98 Å². The Morgan fingerprint density at radius 1 is 1.35 bits per heavy atom. The van der Waals surface area contributed by atoms with E-state index in [1.54, 1.807) is 11.3 Å². The quantitative estimate of drug-likeness (QED) is 0.883. The van der Waals surface area contributed by atoms with Gasteiger partial charge < -0.3 is 10.5 Å². The first kappa shape index (κ1) is 15.0. The predicted molar refractivity (Wildman–Crippen MR) is 84.5 cm³/mol. The highest BCUT2D eigenvalue weighted by Crippen LogP contribution is 2.24. The molecule has 2 aromatic rings. The van der Waals surface area contributed by atoms with Gasteiger partial charge in [-0.15, -0.1) is 11.3 Å². The van der Waals surface area contributed by atoms with E-state index in [4.69, 9.17) is 10.5 Å². The van der Waals surface area contributed by atoms with E-state index in [2.05, 4.69) is 18.0 Å². The average molecular weight is 290 g/mol. The van der Waals surface area contributed by atoms with E-state index in [1.807, 2.05) is 32.0 Å². The second kappa shape index (κ2) is 6.86. The maximum Gasteiger partial charge on any atom is 0.122 e. The van der Waals surface area contributed by atoms with Gasteiger partial charge in [0.2, 0.25) is 0 Å². The van der Waals surface area contributed by atoms with Gasteiger partial charge in [-0.3, -0.25) is 0 Å². The fraction of sp³-hybridized carbons (Fsp3) is 0.438. The lowest BCUT2D eigenvalue weighted by Gasteiger charge is -2.09. The van der Waals surface area contributed by atoms with Crippen LogP contribution in [0.25, 0.3) is 0 Å². The van der Waals surface area contributed by atoms with Crippen LogP contribution in [0, 0.1) is 6.92 Å². The molecule has 1 aromatic carbocycles. The Hall–Kier alpha value is -1.39. The third kappa shape index (κ3) is 3.58. The molecule has 4 heteroatoms. The Morgan fingerprint density at radius 3 is 2.75 bits per heavy atom. The molecule has 0 aliphatic carbocycles. The van der Waals surface area contributed by atoms with E-state index in [1.165, 1.54) is 10.4 Å². The summed E-state index contributed by atoms with van der Waals surface area (Å²) < 4.78 is 5.88. The first-order chi connectivity index (χ1) is 9.61. The van der Waals surface area contributed by atoms with Crippen molar-refractivity contribution in [1.82, 2.24) is 4.98 Å². The Labute approximate surface area is 124 Å². The molecule has 2 rings (SSSR count). The van der Waals surface area contributed by atoms with Gasteiger partial charge in [0.1, 0.15) is 5.75 Å². The van der Waals surface area contributed by atoms with Crippen molar-refractivity contribution < 1.29 is 4.74 Å². The number of rotatable bonds is 6. The fourth-order valence-electron chi connectivity index (χ4n) is 2.18. The molecule has 0 amide bonds. The van der Waals surface area contributed by atoms with Crippen molar-refractivity contribution in [3.8, 4) is 5.75 Å².